The van der Waals surface area contributed by atoms with E-state index < -0.39 is 0 Å². The quantitative estimate of drug-likeness (QED) is 0.614. The Bertz CT molecular complexity index is 806. The zero-order valence-corrected chi connectivity index (χ0v) is 15.5. The van der Waals surface area contributed by atoms with Gasteiger partial charge >= 0.3 is 0 Å². The zero-order valence-electron chi connectivity index (χ0n) is 15.5. The molecule has 0 aliphatic heterocycles. The number of fused-ring (bicyclic) bond motifs is 1. The van der Waals surface area contributed by atoms with Gasteiger partial charge in [-0.25, -0.2) is 4.98 Å². The number of aromatic amines is 1. The molecule has 0 saturated carbocycles. The fourth-order valence-corrected chi connectivity index (χ4v) is 3.21. The number of nitrogens with one attached hydrogen (secondary N) is 2. The molecular formula is C22H27N3O. The van der Waals surface area contributed by atoms with Gasteiger partial charge in [-0.1, -0.05) is 56.3 Å². The third-order valence-electron chi connectivity index (χ3n) is 4.49. The Hall–Kier alpha value is -2.62. The molecular weight excluding hydrogens is 322 g/mol. The van der Waals surface area contributed by atoms with Crippen molar-refractivity contribution in [1.82, 2.24) is 15.3 Å². The van der Waals surface area contributed by atoms with E-state index in [1.807, 2.05) is 42.5 Å². The van der Waals surface area contributed by atoms with Gasteiger partial charge in [-0.15, -0.1) is 0 Å². The second-order valence-electron chi connectivity index (χ2n) is 7.23. The number of aryl methyl sites for hydroxylation is 1. The van der Waals surface area contributed by atoms with Gasteiger partial charge in [0, 0.05) is 6.42 Å². The number of carbonyl (C=O) groups excluding carboxylic acids is 1. The highest BCUT2D eigenvalue weighted by molar-refractivity contribution is 5.77. The van der Waals surface area contributed by atoms with Crippen LogP contribution in [0.15, 0.2) is 54.6 Å². The van der Waals surface area contributed by atoms with E-state index in [9.17, 15) is 4.79 Å². The number of aromatic nitrogens is 2. The van der Waals surface area contributed by atoms with Crippen LogP contribution in [0.5, 0.6) is 0 Å². The maximum atomic E-state index is 12.5. The zero-order chi connectivity index (χ0) is 18.4. The van der Waals surface area contributed by atoms with Crippen molar-refractivity contribution >= 4 is 16.9 Å². The van der Waals surface area contributed by atoms with Gasteiger partial charge in [0.15, 0.2) is 0 Å². The van der Waals surface area contributed by atoms with E-state index in [1.165, 1.54) is 5.56 Å². The first-order valence-corrected chi connectivity index (χ1v) is 9.40. The van der Waals surface area contributed by atoms with Crippen LogP contribution in [-0.2, 0) is 11.2 Å². The summed E-state index contributed by atoms with van der Waals surface area (Å²) in [5.41, 5.74) is 3.22. The molecule has 0 aliphatic carbocycles. The lowest BCUT2D eigenvalue weighted by Crippen LogP contribution is -2.30. The Morgan fingerprint density at radius 1 is 1.08 bits per heavy atom. The predicted octanol–water partition coefficient (Wildman–Crippen LogP) is 4.79. The summed E-state index contributed by atoms with van der Waals surface area (Å²) in [6, 6.07) is 18.2. The summed E-state index contributed by atoms with van der Waals surface area (Å²) in [6.45, 7) is 4.33. The van der Waals surface area contributed by atoms with Crippen LogP contribution in [0, 0.1) is 5.92 Å². The summed E-state index contributed by atoms with van der Waals surface area (Å²) in [5.74, 6) is 1.40. The molecule has 1 aromatic heterocycles. The standard InChI is InChI=1S/C22H27N3O/c1-16(2)15-20(22-24-18-12-6-7-13-19(18)25-22)23-21(26)14-8-11-17-9-4-3-5-10-17/h3-7,9-10,12-13,16,20H,8,11,14-15H2,1-2H3,(H,23,26)(H,24,25)/t20-/m1/s1. The van der Waals surface area contributed by atoms with E-state index in [0.29, 0.717) is 12.3 Å². The number of rotatable bonds is 8. The number of amides is 1. The highest BCUT2D eigenvalue weighted by Crippen LogP contribution is 2.22. The molecule has 0 spiro atoms. The van der Waals surface area contributed by atoms with Crippen molar-refractivity contribution in [2.75, 3.05) is 0 Å². The first-order valence-electron chi connectivity index (χ1n) is 9.40. The highest BCUT2D eigenvalue weighted by atomic mass is 16.1. The fraction of sp³-hybridized carbons (Fsp3) is 0.364. The molecule has 3 rings (SSSR count). The van der Waals surface area contributed by atoms with Gasteiger partial charge in [0.05, 0.1) is 17.1 Å². The van der Waals surface area contributed by atoms with Gasteiger partial charge in [-0.2, -0.15) is 0 Å². The molecule has 0 aliphatic rings. The van der Waals surface area contributed by atoms with E-state index in [0.717, 1.165) is 36.1 Å². The number of para-hydroxylation sites is 2. The first kappa shape index (κ1) is 18.2. The normalized spacial score (nSPS) is 12.4. The summed E-state index contributed by atoms with van der Waals surface area (Å²) in [6.07, 6.45) is 3.17. The van der Waals surface area contributed by atoms with Gasteiger partial charge in [0.2, 0.25) is 5.91 Å². The maximum absolute atomic E-state index is 12.5. The average molecular weight is 349 g/mol. The average Bonchev–Trinajstić information content (AvgIpc) is 3.06. The Labute approximate surface area is 155 Å². The Morgan fingerprint density at radius 2 is 1.81 bits per heavy atom. The summed E-state index contributed by atoms with van der Waals surface area (Å²) in [5, 5.41) is 3.18. The van der Waals surface area contributed by atoms with Crippen LogP contribution in [0.3, 0.4) is 0 Å². The number of hydrogen-bond acceptors (Lipinski definition) is 2. The molecule has 4 nitrogen and oxygen atoms in total. The number of nitrogens with zero attached hydrogens (tertiary/aromatic N) is 1. The summed E-state index contributed by atoms with van der Waals surface area (Å²) >= 11 is 0. The monoisotopic (exact) mass is 349 g/mol. The third-order valence-corrected chi connectivity index (χ3v) is 4.49. The van der Waals surface area contributed by atoms with Crippen molar-refractivity contribution < 1.29 is 4.79 Å². The SMILES string of the molecule is CC(C)C[C@@H](NC(=O)CCCc1ccccc1)c1nc2ccccc2[nH]1. The topological polar surface area (TPSA) is 57.8 Å². The van der Waals surface area contributed by atoms with E-state index in [1.54, 1.807) is 0 Å². The number of H-pyrrole nitrogens is 1. The van der Waals surface area contributed by atoms with Crippen LogP contribution in [0.1, 0.15) is 50.5 Å². The van der Waals surface area contributed by atoms with Crippen molar-refractivity contribution in [3.63, 3.8) is 0 Å². The lowest BCUT2D eigenvalue weighted by Gasteiger charge is -2.18. The van der Waals surface area contributed by atoms with E-state index in [4.69, 9.17) is 0 Å². The van der Waals surface area contributed by atoms with Crippen LogP contribution >= 0.6 is 0 Å². The molecule has 136 valence electrons. The van der Waals surface area contributed by atoms with Gasteiger partial charge in [0.1, 0.15) is 5.82 Å². The molecule has 1 atom stereocenters. The van der Waals surface area contributed by atoms with Crippen molar-refractivity contribution in [3.8, 4) is 0 Å². The molecule has 1 amide bonds. The Kier molecular flexibility index (Phi) is 6.05. The Balaban J connectivity index is 1.61. The minimum Gasteiger partial charge on any atom is -0.346 e. The minimum atomic E-state index is -0.0772. The third kappa shape index (κ3) is 4.94. The van der Waals surface area contributed by atoms with Crippen molar-refractivity contribution in [1.29, 1.82) is 0 Å². The number of hydrogen-bond donors (Lipinski definition) is 2. The Morgan fingerprint density at radius 3 is 2.54 bits per heavy atom. The fourth-order valence-electron chi connectivity index (χ4n) is 3.21. The molecule has 2 N–H and O–H groups in total. The van der Waals surface area contributed by atoms with E-state index in [2.05, 4.69) is 41.3 Å². The molecule has 2 aromatic carbocycles. The smallest absolute Gasteiger partial charge is 0.220 e. The lowest BCUT2D eigenvalue weighted by molar-refractivity contribution is -0.122. The first-order chi connectivity index (χ1) is 12.6. The highest BCUT2D eigenvalue weighted by Gasteiger charge is 2.19. The second-order valence-corrected chi connectivity index (χ2v) is 7.23. The van der Waals surface area contributed by atoms with Crippen LogP contribution in [-0.4, -0.2) is 15.9 Å². The molecule has 4 heteroatoms. The van der Waals surface area contributed by atoms with Crippen LogP contribution < -0.4 is 5.32 Å². The molecule has 0 saturated heterocycles. The molecule has 0 unspecified atom stereocenters. The summed E-state index contributed by atoms with van der Waals surface area (Å²) in [7, 11) is 0. The van der Waals surface area contributed by atoms with Crippen molar-refractivity contribution in [2.24, 2.45) is 5.92 Å². The molecule has 3 aromatic rings. The van der Waals surface area contributed by atoms with E-state index in [-0.39, 0.29) is 11.9 Å². The molecule has 0 radical (unpaired) electrons. The molecule has 0 fully saturated rings. The van der Waals surface area contributed by atoms with Crippen LogP contribution in [0.2, 0.25) is 0 Å². The van der Waals surface area contributed by atoms with Gasteiger partial charge in [0.25, 0.3) is 0 Å². The number of carbonyl (C=O) groups is 1. The number of benzene rings is 2. The summed E-state index contributed by atoms with van der Waals surface area (Å²) < 4.78 is 0. The van der Waals surface area contributed by atoms with Gasteiger partial charge in [-0.05, 0) is 42.9 Å². The van der Waals surface area contributed by atoms with Crippen molar-refractivity contribution in [2.45, 2.75) is 45.6 Å². The molecule has 26 heavy (non-hydrogen) atoms. The second kappa shape index (κ2) is 8.65. The van der Waals surface area contributed by atoms with Crippen LogP contribution in [0.25, 0.3) is 11.0 Å². The van der Waals surface area contributed by atoms with Crippen molar-refractivity contribution in [3.05, 3.63) is 66.0 Å². The molecule has 1 heterocycles. The maximum Gasteiger partial charge on any atom is 0.220 e. The minimum absolute atomic E-state index is 0.0772. The van der Waals surface area contributed by atoms with Crippen LogP contribution in [0.4, 0.5) is 0 Å². The molecule has 0 bridgehead atoms. The number of imidazole rings is 1. The predicted molar refractivity (Wildman–Crippen MR) is 106 cm³/mol. The summed E-state index contributed by atoms with van der Waals surface area (Å²) in [4.78, 5) is 20.5. The van der Waals surface area contributed by atoms with Gasteiger partial charge < -0.3 is 10.3 Å². The van der Waals surface area contributed by atoms with E-state index >= 15 is 0 Å². The largest absolute Gasteiger partial charge is 0.346 e. The lowest BCUT2D eigenvalue weighted by atomic mass is 10.0. The van der Waals surface area contributed by atoms with Gasteiger partial charge in [-0.3, -0.25) is 4.79 Å².